The molecule has 3 rings (SSSR count). The molecule has 3 aromatic rings. The molecule has 4 nitrogen and oxygen atoms in total. The molecule has 2 N–H and O–H groups in total. The van der Waals surface area contributed by atoms with E-state index in [2.05, 4.69) is 21.2 Å². The summed E-state index contributed by atoms with van der Waals surface area (Å²) in [5.41, 5.74) is 3.17. The number of rotatable bonds is 8. The molecule has 6 heteroatoms. The smallest absolute Gasteiger partial charge is 0.127 e. The molecule has 0 aliphatic heterocycles. The van der Waals surface area contributed by atoms with Crippen LogP contribution in [0, 0.1) is 0 Å². The molecule has 1 heterocycles. The van der Waals surface area contributed by atoms with Crippen molar-refractivity contribution in [2.24, 2.45) is 0 Å². The number of hydrogen-bond donors (Lipinski definition) is 2. The van der Waals surface area contributed by atoms with Gasteiger partial charge in [0.25, 0.3) is 0 Å². The van der Waals surface area contributed by atoms with Crippen LogP contribution in [0.3, 0.4) is 0 Å². The van der Waals surface area contributed by atoms with Gasteiger partial charge in [0, 0.05) is 33.8 Å². The lowest BCUT2D eigenvalue weighted by Crippen LogP contribution is -2.10. The predicted molar refractivity (Wildman–Crippen MR) is 124 cm³/mol. The van der Waals surface area contributed by atoms with Crippen LogP contribution >= 0.6 is 27.5 Å². The average molecular weight is 476 g/mol. The maximum Gasteiger partial charge on any atom is 0.127 e. The van der Waals surface area contributed by atoms with Crippen LogP contribution in [0.5, 0.6) is 5.75 Å². The Labute approximate surface area is 185 Å². The molecule has 29 heavy (non-hydrogen) atoms. The second-order valence-corrected chi connectivity index (χ2v) is 8.29. The molecule has 0 radical (unpaired) electrons. The van der Waals surface area contributed by atoms with Crippen molar-refractivity contribution in [2.45, 2.75) is 26.4 Å². The zero-order valence-corrected chi connectivity index (χ0v) is 18.8. The average Bonchev–Trinajstić information content (AvgIpc) is 2.69. The maximum absolute atomic E-state index is 10.4. The largest absolute Gasteiger partial charge is 0.507 e. The summed E-state index contributed by atoms with van der Waals surface area (Å²) in [5, 5.41) is 14.4. The van der Waals surface area contributed by atoms with Crippen LogP contribution in [0.1, 0.15) is 20.3 Å². The van der Waals surface area contributed by atoms with Crippen molar-refractivity contribution < 1.29 is 9.84 Å². The Morgan fingerprint density at radius 2 is 1.90 bits per heavy atom. The zero-order valence-electron chi connectivity index (χ0n) is 16.5. The molecule has 0 atom stereocenters. The van der Waals surface area contributed by atoms with Crippen LogP contribution in [-0.2, 0) is 4.74 Å². The number of anilines is 1. The van der Waals surface area contributed by atoms with Crippen molar-refractivity contribution in [3.05, 3.63) is 64.1 Å². The fourth-order valence-corrected chi connectivity index (χ4v) is 3.54. The first kappa shape index (κ1) is 21.6. The number of ether oxygens (including phenoxy) is 1. The van der Waals surface area contributed by atoms with Gasteiger partial charge in [0.15, 0.2) is 0 Å². The highest BCUT2D eigenvalue weighted by Crippen LogP contribution is 2.36. The third kappa shape index (κ3) is 5.95. The Hall–Kier alpha value is -2.08. The number of nitrogens with zero attached hydrogens (tertiary/aromatic N) is 1. The van der Waals surface area contributed by atoms with E-state index in [0.29, 0.717) is 22.9 Å². The van der Waals surface area contributed by atoms with Gasteiger partial charge in [-0.15, -0.1) is 0 Å². The Morgan fingerprint density at radius 3 is 2.66 bits per heavy atom. The van der Waals surface area contributed by atoms with Crippen molar-refractivity contribution >= 4 is 33.3 Å². The van der Waals surface area contributed by atoms with Crippen molar-refractivity contribution in [1.29, 1.82) is 0 Å². The van der Waals surface area contributed by atoms with Crippen molar-refractivity contribution in [3.8, 4) is 28.1 Å². The standard InChI is InChI=1S/C23H24BrClN2O2/c1-15(2)29-11-5-10-26-23-13-16(18-6-3-4-7-20(18)25)12-21(27-23)19-14-17(24)8-9-22(19)28/h3-4,6-9,12-15,28H,5,10-11H2,1-2H3,(H,26,27). The van der Waals surface area contributed by atoms with Crippen LogP contribution < -0.4 is 5.32 Å². The monoisotopic (exact) mass is 474 g/mol. The summed E-state index contributed by atoms with van der Waals surface area (Å²) in [6.45, 7) is 5.47. The molecule has 0 saturated heterocycles. The summed E-state index contributed by atoms with van der Waals surface area (Å²) in [7, 11) is 0. The molecule has 0 fully saturated rings. The zero-order chi connectivity index (χ0) is 20.8. The lowest BCUT2D eigenvalue weighted by atomic mass is 10.0. The lowest BCUT2D eigenvalue weighted by Gasteiger charge is -2.13. The molecule has 0 spiro atoms. The molecule has 0 aliphatic rings. The SMILES string of the molecule is CC(C)OCCCNc1cc(-c2ccccc2Cl)cc(-c2cc(Br)ccc2O)n1. The van der Waals surface area contributed by atoms with Gasteiger partial charge in [0.05, 0.1) is 11.8 Å². The van der Waals surface area contributed by atoms with Gasteiger partial charge < -0.3 is 15.2 Å². The summed E-state index contributed by atoms with van der Waals surface area (Å²) in [4.78, 5) is 4.72. The number of aromatic hydroxyl groups is 1. The molecule has 0 saturated carbocycles. The Kier molecular flexibility index (Phi) is 7.53. The highest BCUT2D eigenvalue weighted by atomic mass is 79.9. The number of phenols is 1. The number of aromatic nitrogens is 1. The predicted octanol–water partition coefficient (Wildman–Crippen LogP) is 6.76. The van der Waals surface area contributed by atoms with E-state index in [1.165, 1.54) is 0 Å². The van der Waals surface area contributed by atoms with Crippen molar-refractivity contribution in [2.75, 3.05) is 18.5 Å². The van der Waals surface area contributed by atoms with E-state index in [0.717, 1.165) is 34.4 Å². The highest BCUT2D eigenvalue weighted by Gasteiger charge is 2.12. The van der Waals surface area contributed by atoms with E-state index in [-0.39, 0.29) is 11.9 Å². The maximum atomic E-state index is 10.4. The van der Waals surface area contributed by atoms with Crippen LogP contribution in [0.25, 0.3) is 22.4 Å². The molecule has 0 bridgehead atoms. The van der Waals surface area contributed by atoms with Crippen molar-refractivity contribution in [1.82, 2.24) is 4.98 Å². The quantitative estimate of drug-likeness (QED) is 0.353. The van der Waals surface area contributed by atoms with Crippen LogP contribution in [0.2, 0.25) is 5.02 Å². The summed E-state index contributed by atoms with van der Waals surface area (Å²) in [6, 6.07) is 16.9. The van der Waals surface area contributed by atoms with E-state index in [1.54, 1.807) is 12.1 Å². The van der Waals surface area contributed by atoms with Crippen LogP contribution in [0.4, 0.5) is 5.82 Å². The molecular formula is C23H24BrClN2O2. The molecule has 152 valence electrons. The van der Waals surface area contributed by atoms with E-state index in [9.17, 15) is 5.11 Å². The molecule has 0 unspecified atom stereocenters. The Bertz CT molecular complexity index is 979. The molecular weight excluding hydrogens is 452 g/mol. The van der Waals surface area contributed by atoms with Gasteiger partial charge in [-0.3, -0.25) is 0 Å². The fraction of sp³-hybridized carbons (Fsp3) is 0.261. The number of hydrogen-bond acceptors (Lipinski definition) is 4. The Morgan fingerprint density at radius 1 is 1.10 bits per heavy atom. The van der Waals surface area contributed by atoms with Gasteiger partial charge in [-0.2, -0.15) is 0 Å². The third-order valence-electron chi connectivity index (χ3n) is 4.32. The summed E-state index contributed by atoms with van der Waals surface area (Å²) in [6.07, 6.45) is 1.09. The van der Waals surface area contributed by atoms with E-state index in [4.69, 9.17) is 21.3 Å². The minimum atomic E-state index is 0.174. The highest BCUT2D eigenvalue weighted by molar-refractivity contribution is 9.10. The van der Waals surface area contributed by atoms with Gasteiger partial charge in [-0.25, -0.2) is 4.98 Å². The Balaban J connectivity index is 1.94. The molecule has 1 aromatic heterocycles. The second kappa shape index (κ2) is 10.1. The molecule has 0 amide bonds. The first-order valence-corrected chi connectivity index (χ1v) is 10.7. The topological polar surface area (TPSA) is 54.4 Å². The van der Waals surface area contributed by atoms with Gasteiger partial charge in [0.2, 0.25) is 0 Å². The number of halogens is 2. The van der Waals surface area contributed by atoms with E-state index < -0.39 is 0 Å². The summed E-state index contributed by atoms with van der Waals surface area (Å²) >= 11 is 9.90. The summed E-state index contributed by atoms with van der Waals surface area (Å²) < 4.78 is 6.47. The fourth-order valence-electron chi connectivity index (χ4n) is 2.93. The molecule has 0 aliphatic carbocycles. The second-order valence-electron chi connectivity index (χ2n) is 6.97. The van der Waals surface area contributed by atoms with Gasteiger partial charge in [0.1, 0.15) is 11.6 Å². The van der Waals surface area contributed by atoms with Gasteiger partial charge in [-0.05, 0) is 62.2 Å². The minimum Gasteiger partial charge on any atom is -0.507 e. The number of pyridine rings is 1. The van der Waals surface area contributed by atoms with E-state index >= 15 is 0 Å². The first-order valence-electron chi connectivity index (χ1n) is 9.55. The normalized spacial score (nSPS) is 11.1. The van der Waals surface area contributed by atoms with E-state index in [1.807, 2.05) is 56.3 Å². The lowest BCUT2D eigenvalue weighted by molar-refractivity contribution is 0.0787. The third-order valence-corrected chi connectivity index (χ3v) is 5.15. The first-order chi connectivity index (χ1) is 13.9. The minimum absolute atomic E-state index is 0.174. The number of nitrogens with one attached hydrogen (secondary N) is 1. The number of phenolic OH excluding ortho intramolecular Hbond substituents is 1. The van der Waals surface area contributed by atoms with Crippen LogP contribution in [0.15, 0.2) is 59.1 Å². The van der Waals surface area contributed by atoms with Gasteiger partial charge in [-0.1, -0.05) is 45.7 Å². The summed E-state index contributed by atoms with van der Waals surface area (Å²) in [5.74, 6) is 0.898. The van der Waals surface area contributed by atoms with Crippen LogP contribution in [-0.4, -0.2) is 29.3 Å². The molecule has 2 aromatic carbocycles. The number of benzene rings is 2. The van der Waals surface area contributed by atoms with Gasteiger partial charge >= 0.3 is 0 Å². The van der Waals surface area contributed by atoms with Crippen molar-refractivity contribution in [3.63, 3.8) is 0 Å².